The minimum Gasteiger partial charge on any atom is -0.497 e. The van der Waals surface area contributed by atoms with Gasteiger partial charge in [-0.25, -0.2) is 0 Å². The van der Waals surface area contributed by atoms with Crippen LogP contribution in [0.5, 0.6) is 5.75 Å². The van der Waals surface area contributed by atoms with Crippen molar-refractivity contribution >= 4 is 22.8 Å². The van der Waals surface area contributed by atoms with Crippen molar-refractivity contribution in [3.63, 3.8) is 0 Å². The predicted octanol–water partition coefficient (Wildman–Crippen LogP) is 1.95. The molecule has 1 aromatic carbocycles. The Labute approximate surface area is 146 Å². The average Bonchev–Trinajstić information content (AvgIpc) is 2.82. The number of aliphatic carboxylic acids is 1. The summed E-state index contributed by atoms with van der Waals surface area (Å²) >= 11 is 0. The number of nitrogens with two attached hydrogens (primary N) is 1. The molecule has 7 heteroatoms. The molecule has 3 N–H and O–H groups in total. The average molecular weight is 348 g/mol. The molecule has 136 valence electrons. The lowest BCUT2D eigenvalue weighted by atomic mass is 10.1. The van der Waals surface area contributed by atoms with E-state index in [4.69, 9.17) is 20.3 Å². The van der Waals surface area contributed by atoms with Gasteiger partial charge in [0.2, 0.25) is 0 Å². The molecule has 0 aliphatic carbocycles. The van der Waals surface area contributed by atoms with E-state index in [9.17, 15) is 9.59 Å². The molecule has 0 fully saturated rings. The van der Waals surface area contributed by atoms with Crippen LogP contribution in [0.4, 0.5) is 0 Å². The van der Waals surface area contributed by atoms with E-state index >= 15 is 0 Å². The highest BCUT2D eigenvalue weighted by Gasteiger charge is 2.20. The van der Waals surface area contributed by atoms with Crippen LogP contribution in [0.3, 0.4) is 0 Å². The number of benzene rings is 1. The smallest absolute Gasteiger partial charge is 0.326 e. The van der Waals surface area contributed by atoms with Gasteiger partial charge in [-0.05, 0) is 44.5 Å². The maximum Gasteiger partial charge on any atom is 0.326 e. The number of nitrogens with zero attached hydrogens (tertiary/aromatic N) is 1. The Kier molecular flexibility index (Phi) is 5.37. The van der Waals surface area contributed by atoms with Gasteiger partial charge in [0.1, 0.15) is 23.9 Å². The Morgan fingerprint density at radius 2 is 2.00 bits per heavy atom. The van der Waals surface area contributed by atoms with E-state index in [1.165, 1.54) is 0 Å². The number of ether oxygens (including phenoxy) is 2. The summed E-state index contributed by atoms with van der Waals surface area (Å²) in [7, 11) is 1.56. The van der Waals surface area contributed by atoms with Crippen LogP contribution in [0, 0.1) is 0 Å². The van der Waals surface area contributed by atoms with E-state index in [0.717, 1.165) is 16.5 Å². The van der Waals surface area contributed by atoms with Crippen LogP contribution in [0.2, 0.25) is 0 Å². The van der Waals surface area contributed by atoms with Gasteiger partial charge in [-0.15, -0.1) is 0 Å². The van der Waals surface area contributed by atoms with Gasteiger partial charge in [0.15, 0.2) is 0 Å². The number of carboxylic acid groups (broad SMARTS) is 1. The highest BCUT2D eigenvalue weighted by atomic mass is 16.6. The molecule has 1 aromatic heterocycles. The van der Waals surface area contributed by atoms with E-state index < -0.39 is 17.6 Å². The van der Waals surface area contributed by atoms with Gasteiger partial charge in [-0.2, -0.15) is 0 Å². The summed E-state index contributed by atoms with van der Waals surface area (Å²) in [4.78, 5) is 23.2. The predicted molar refractivity (Wildman–Crippen MR) is 93.7 cm³/mol. The molecule has 0 saturated heterocycles. The maximum absolute atomic E-state index is 12.1. The van der Waals surface area contributed by atoms with E-state index in [-0.39, 0.29) is 18.9 Å². The summed E-state index contributed by atoms with van der Waals surface area (Å²) in [5.41, 5.74) is 6.63. The fourth-order valence-electron chi connectivity index (χ4n) is 2.61. The Bertz CT molecular complexity index is 789. The van der Waals surface area contributed by atoms with E-state index in [0.29, 0.717) is 5.75 Å². The first-order valence-electron chi connectivity index (χ1n) is 7.96. The van der Waals surface area contributed by atoms with Crippen LogP contribution in [-0.2, 0) is 27.3 Å². The second kappa shape index (κ2) is 7.14. The molecule has 0 bridgehead atoms. The molecule has 0 unspecified atom stereocenters. The molecule has 0 amide bonds. The number of aromatic nitrogens is 1. The molecule has 1 heterocycles. The van der Waals surface area contributed by atoms with Gasteiger partial charge in [-0.1, -0.05) is 0 Å². The lowest BCUT2D eigenvalue weighted by Gasteiger charge is -2.19. The Hall–Kier alpha value is -2.54. The summed E-state index contributed by atoms with van der Waals surface area (Å²) < 4.78 is 12.3. The zero-order valence-electron chi connectivity index (χ0n) is 14.9. The van der Waals surface area contributed by atoms with Crippen molar-refractivity contribution in [3.8, 4) is 5.75 Å². The molecule has 0 spiro atoms. The lowest BCUT2D eigenvalue weighted by Crippen LogP contribution is -2.32. The molecule has 0 saturated carbocycles. The molecular weight excluding hydrogens is 324 g/mol. The van der Waals surface area contributed by atoms with Crippen molar-refractivity contribution < 1.29 is 24.2 Å². The van der Waals surface area contributed by atoms with Crippen LogP contribution in [0.25, 0.3) is 10.9 Å². The number of fused-ring (bicyclic) bond motifs is 1. The minimum absolute atomic E-state index is 0.0302. The van der Waals surface area contributed by atoms with Crippen LogP contribution < -0.4 is 10.5 Å². The number of hydrogen-bond donors (Lipinski definition) is 2. The van der Waals surface area contributed by atoms with Crippen LogP contribution in [-0.4, -0.2) is 40.4 Å². The van der Waals surface area contributed by atoms with Crippen molar-refractivity contribution in [1.82, 2.24) is 4.57 Å². The van der Waals surface area contributed by atoms with Gasteiger partial charge in [0.05, 0.1) is 7.11 Å². The van der Waals surface area contributed by atoms with Crippen LogP contribution in [0.1, 0.15) is 26.3 Å². The summed E-state index contributed by atoms with van der Waals surface area (Å²) in [5.74, 6) is -0.794. The topological polar surface area (TPSA) is 104 Å². The van der Waals surface area contributed by atoms with E-state index in [1.54, 1.807) is 44.7 Å². The normalized spacial score (nSPS) is 12.8. The van der Waals surface area contributed by atoms with Crippen molar-refractivity contribution in [2.75, 3.05) is 7.11 Å². The first-order chi connectivity index (χ1) is 11.6. The van der Waals surface area contributed by atoms with Gasteiger partial charge in [-0.3, -0.25) is 9.59 Å². The zero-order valence-corrected chi connectivity index (χ0v) is 14.9. The second-order valence-corrected chi connectivity index (χ2v) is 6.90. The first kappa shape index (κ1) is 18.8. The largest absolute Gasteiger partial charge is 0.497 e. The van der Waals surface area contributed by atoms with E-state index in [1.807, 2.05) is 12.1 Å². The second-order valence-electron chi connectivity index (χ2n) is 6.90. The number of methoxy groups -OCH3 is 1. The zero-order chi connectivity index (χ0) is 18.8. The fraction of sp³-hybridized carbons (Fsp3) is 0.444. The van der Waals surface area contributed by atoms with Crippen LogP contribution >= 0.6 is 0 Å². The van der Waals surface area contributed by atoms with Gasteiger partial charge >= 0.3 is 11.9 Å². The fourth-order valence-corrected chi connectivity index (χ4v) is 2.61. The number of hydrogen-bond acceptors (Lipinski definition) is 5. The number of carboxylic acids is 1. The number of rotatable bonds is 6. The third kappa shape index (κ3) is 4.73. The number of esters is 1. The van der Waals surface area contributed by atoms with Gasteiger partial charge in [0, 0.05) is 23.5 Å². The van der Waals surface area contributed by atoms with Crippen molar-refractivity contribution in [1.29, 1.82) is 0 Å². The summed E-state index contributed by atoms with van der Waals surface area (Å²) in [6, 6.07) is 4.40. The van der Waals surface area contributed by atoms with Crippen molar-refractivity contribution in [2.24, 2.45) is 5.73 Å². The monoisotopic (exact) mass is 348 g/mol. The van der Waals surface area contributed by atoms with E-state index in [2.05, 4.69) is 0 Å². The minimum atomic E-state index is -1.07. The molecule has 0 aliphatic rings. The Morgan fingerprint density at radius 1 is 1.32 bits per heavy atom. The summed E-state index contributed by atoms with van der Waals surface area (Å²) in [6.07, 6.45) is 1.90. The molecule has 0 radical (unpaired) electrons. The van der Waals surface area contributed by atoms with Gasteiger partial charge < -0.3 is 24.9 Å². The number of carbonyl (C=O) groups excluding carboxylic acids is 1. The third-order valence-electron chi connectivity index (χ3n) is 3.65. The molecule has 7 nitrogen and oxygen atoms in total. The van der Waals surface area contributed by atoms with Gasteiger partial charge in [0.25, 0.3) is 0 Å². The first-order valence-corrected chi connectivity index (χ1v) is 7.96. The molecule has 1 atom stereocenters. The van der Waals surface area contributed by atoms with Crippen molar-refractivity contribution in [2.45, 2.75) is 45.4 Å². The Balaban J connectivity index is 2.40. The molecule has 2 aromatic rings. The maximum atomic E-state index is 12.1. The highest BCUT2D eigenvalue weighted by molar-refractivity contribution is 5.87. The molecule has 2 rings (SSSR count). The third-order valence-corrected chi connectivity index (χ3v) is 3.65. The molecular formula is C18H24N2O5. The molecule has 0 aliphatic heterocycles. The lowest BCUT2D eigenvalue weighted by molar-refractivity contribution is -0.155. The van der Waals surface area contributed by atoms with Crippen LogP contribution in [0.15, 0.2) is 24.4 Å². The highest BCUT2D eigenvalue weighted by Crippen LogP contribution is 2.27. The molecule has 25 heavy (non-hydrogen) atoms. The summed E-state index contributed by atoms with van der Waals surface area (Å²) in [6.45, 7) is 5.45. The SMILES string of the molecule is COc1ccc2c(c1)c(C[C@H](N)C(=O)O)cn2CC(=O)OC(C)(C)C. The van der Waals surface area contributed by atoms with Crippen molar-refractivity contribution in [3.05, 3.63) is 30.0 Å². The number of carbonyl (C=O) groups is 2. The quantitative estimate of drug-likeness (QED) is 0.773. The standard InChI is InChI=1S/C18H24N2O5/c1-18(2,3)25-16(21)10-20-9-11(7-14(19)17(22)23)13-8-12(24-4)5-6-15(13)20/h5-6,8-9,14H,7,10,19H2,1-4H3,(H,22,23)/t14-/m0/s1. The Morgan fingerprint density at radius 3 is 2.56 bits per heavy atom. The summed E-state index contributed by atoms with van der Waals surface area (Å²) in [5, 5.41) is 9.87.